The summed E-state index contributed by atoms with van der Waals surface area (Å²) in [6.07, 6.45) is 0.834. The average Bonchev–Trinajstić information content (AvgIpc) is 2.05. The molecular formula is C9H9FS. The molecule has 0 unspecified atom stereocenters. The van der Waals surface area contributed by atoms with Gasteiger partial charge in [0.05, 0.1) is 0 Å². The predicted molar refractivity (Wildman–Crippen MR) is 48.4 cm³/mol. The fourth-order valence-electron chi connectivity index (χ4n) is 0.840. The van der Waals surface area contributed by atoms with E-state index in [1.54, 1.807) is 12.1 Å². The lowest BCUT2D eigenvalue weighted by Gasteiger charge is -1.98. The van der Waals surface area contributed by atoms with Gasteiger partial charge in [0.1, 0.15) is 5.82 Å². The van der Waals surface area contributed by atoms with E-state index in [4.69, 9.17) is 12.2 Å². The Morgan fingerprint density at radius 3 is 2.36 bits per heavy atom. The Labute approximate surface area is 71.1 Å². The fourth-order valence-corrected chi connectivity index (χ4v) is 0.976. The lowest BCUT2D eigenvalue weighted by atomic mass is 10.1. The Kier molecular flexibility index (Phi) is 2.71. The first-order valence-electron chi connectivity index (χ1n) is 3.53. The van der Waals surface area contributed by atoms with E-state index in [-0.39, 0.29) is 5.82 Å². The Bertz CT molecular complexity index is 251. The van der Waals surface area contributed by atoms with Crippen LogP contribution in [0, 0.1) is 5.82 Å². The van der Waals surface area contributed by atoms with E-state index in [0.29, 0.717) is 0 Å². The normalized spacial score (nSPS) is 9.64. The number of thiocarbonyl (C=S) groups is 1. The van der Waals surface area contributed by atoms with Crippen molar-refractivity contribution in [2.45, 2.75) is 13.3 Å². The van der Waals surface area contributed by atoms with Crippen LogP contribution < -0.4 is 0 Å². The van der Waals surface area contributed by atoms with Gasteiger partial charge in [0.25, 0.3) is 0 Å². The van der Waals surface area contributed by atoms with Crippen LogP contribution in [0.4, 0.5) is 4.39 Å². The van der Waals surface area contributed by atoms with E-state index in [1.165, 1.54) is 12.1 Å². The van der Waals surface area contributed by atoms with Crippen molar-refractivity contribution in [3.05, 3.63) is 35.6 Å². The lowest BCUT2D eigenvalue weighted by Crippen LogP contribution is -1.93. The summed E-state index contributed by atoms with van der Waals surface area (Å²) in [5, 5.41) is 0. The van der Waals surface area contributed by atoms with E-state index >= 15 is 0 Å². The Morgan fingerprint density at radius 1 is 1.36 bits per heavy atom. The van der Waals surface area contributed by atoms with Gasteiger partial charge >= 0.3 is 0 Å². The first-order valence-corrected chi connectivity index (χ1v) is 3.93. The SMILES string of the molecule is CCC(=S)c1ccc(F)cc1. The number of hydrogen-bond donors (Lipinski definition) is 0. The zero-order valence-corrected chi connectivity index (χ0v) is 7.12. The summed E-state index contributed by atoms with van der Waals surface area (Å²) in [6.45, 7) is 1.99. The minimum absolute atomic E-state index is 0.215. The molecule has 2 heteroatoms. The third-order valence-corrected chi connectivity index (χ3v) is 2.01. The van der Waals surface area contributed by atoms with Crippen molar-refractivity contribution in [1.82, 2.24) is 0 Å². The summed E-state index contributed by atoms with van der Waals surface area (Å²) in [5.74, 6) is -0.215. The molecule has 1 aromatic rings. The van der Waals surface area contributed by atoms with E-state index < -0.39 is 0 Å². The van der Waals surface area contributed by atoms with Gasteiger partial charge in [-0.1, -0.05) is 31.3 Å². The Hall–Kier alpha value is -0.760. The molecule has 0 fully saturated rings. The van der Waals surface area contributed by atoms with Gasteiger partial charge in [-0.15, -0.1) is 0 Å². The predicted octanol–water partition coefficient (Wildman–Crippen LogP) is 2.95. The Balaban J connectivity index is 2.90. The summed E-state index contributed by atoms with van der Waals surface area (Å²) < 4.78 is 12.4. The zero-order chi connectivity index (χ0) is 8.27. The lowest BCUT2D eigenvalue weighted by molar-refractivity contribution is 0.628. The molecule has 0 radical (unpaired) electrons. The molecule has 0 N–H and O–H groups in total. The highest BCUT2D eigenvalue weighted by Crippen LogP contribution is 2.06. The molecule has 0 atom stereocenters. The molecule has 1 rings (SSSR count). The number of halogens is 1. The van der Waals surface area contributed by atoms with E-state index in [2.05, 4.69) is 0 Å². The summed E-state index contributed by atoms with van der Waals surface area (Å²) >= 11 is 5.04. The monoisotopic (exact) mass is 168 g/mol. The van der Waals surface area contributed by atoms with Gasteiger partial charge in [-0.25, -0.2) is 4.39 Å². The van der Waals surface area contributed by atoms with Crippen LogP contribution in [0.2, 0.25) is 0 Å². The molecule has 0 saturated carbocycles. The first kappa shape index (κ1) is 8.34. The molecule has 0 saturated heterocycles. The van der Waals surface area contributed by atoms with Gasteiger partial charge in [-0.2, -0.15) is 0 Å². The first-order chi connectivity index (χ1) is 5.24. The molecule has 58 valence electrons. The standard InChI is InChI=1S/C9H9FS/c1-2-9(11)7-3-5-8(10)6-4-7/h3-6H,2H2,1H3. The Morgan fingerprint density at radius 2 is 1.91 bits per heavy atom. The van der Waals surface area contributed by atoms with Gasteiger partial charge in [0, 0.05) is 4.86 Å². The minimum atomic E-state index is -0.215. The topological polar surface area (TPSA) is 0 Å². The summed E-state index contributed by atoms with van der Waals surface area (Å²) in [5.41, 5.74) is 0.948. The van der Waals surface area contributed by atoms with Crippen LogP contribution in [-0.4, -0.2) is 4.86 Å². The maximum atomic E-state index is 12.4. The third-order valence-electron chi connectivity index (χ3n) is 1.49. The molecule has 0 bridgehead atoms. The van der Waals surface area contributed by atoms with Crippen molar-refractivity contribution >= 4 is 17.1 Å². The van der Waals surface area contributed by atoms with Crippen molar-refractivity contribution in [3.63, 3.8) is 0 Å². The van der Waals surface area contributed by atoms with Gasteiger partial charge in [-0.05, 0) is 24.1 Å². The van der Waals surface area contributed by atoms with Crippen LogP contribution in [0.15, 0.2) is 24.3 Å². The molecule has 0 nitrogen and oxygen atoms in total. The number of rotatable bonds is 2. The highest BCUT2D eigenvalue weighted by Gasteiger charge is 1.96. The molecule has 0 aliphatic carbocycles. The smallest absolute Gasteiger partial charge is 0.123 e. The van der Waals surface area contributed by atoms with Gasteiger partial charge in [0.15, 0.2) is 0 Å². The molecule has 0 amide bonds. The number of benzene rings is 1. The average molecular weight is 168 g/mol. The van der Waals surface area contributed by atoms with Crippen LogP contribution in [0.1, 0.15) is 18.9 Å². The van der Waals surface area contributed by atoms with E-state index in [9.17, 15) is 4.39 Å². The van der Waals surface area contributed by atoms with Crippen LogP contribution in [0.3, 0.4) is 0 Å². The van der Waals surface area contributed by atoms with Gasteiger partial charge in [0.2, 0.25) is 0 Å². The summed E-state index contributed by atoms with van der Waals surface area (Å²) in [7, 11) is 0. The van der Waals surface area contributed by atoms with Crippen LogP contribution >= 0.6 is 12.2 Å². The molecule has 0 heterocycles. The highest BCUT2D eigenvalue weighted by molar-refractivity contribution is 7.80. The number of hydrogen-bond acceptors (Lipinski definition) is 1. The largest absolute Gasteiger partial charge is 0.207 e. The van der Waals surface area contributed by atoms with Crippen molar-refractivity contribution in [2.24, 2.45) is 0 Å². The quantitative estimate of drug-likeness (QED) is 0.483. The summed E-state index contributed by atoms with van der Waals surface area (Å²) in [6, 6.07) is 6.27. The molecule has 0 aliphatic heterocycles. The molecular weight excluding hydrogens is 159 g/mol. The van der Waals surface area contributed by atoms with Crippen molar-refractivity contribution < 1.29 is 4.39 Å². The molecule has 0 aliphatic rings. The maximum Gasteiger partial charge on any atom is 0.123 e. The fraction of sp³-hybridized carbons (Fsp3) is 0.222. The van der Waals surface area contributed by atoms with E-state index in [1.807, 2.05) is 6.92 Å². The zero-order valence-electron chi connectivity index (χ0n) is 6.30. The van der Waals surface area contributed by atoms with Gasteiger partial charge in [-0.3, -0.25) is 0 Å². The van der Waals surface area contributed by atoms with Crippen molar-refractivity contribution in [2.75, 3.05) is 0 Å². The molecule has 0 aromatic heterocycles. The summed E-state index contributed by atoms with van der Waals surface area (Å²) in [4.78, 5) is 0.880. The van der Waals surface area contributed by atoms with Crippen LogP contribution in [0.5, 0.6) is 0 Å². The van der Waals surface area contributed by atoms with Gasteiger partial charge < -0.3 is 0 Å². The highest BCUT2D eigenvalue weighted by atomic mass is 32.1. The van der Waals surface area contributed by atoms with Crippen molar-refractivity contribution in [1.29, 1.82) is 0 Å². The molecule has 1 aromatic carbocycles. The van der Waals surface area contributed by atoms with Crippen molar-refractivity contribution in [3.8, 4) is 0 Å². The second kappa shape index (κ2) is 3.58. The minimum Gasteiger partial charge on any atom is -0.207 e. The molecule has 11 heavy (non-hydrogen) atoms. The van der Waals surface area contributed by atoms with Crippen LogP contribution in [-0.2, 0) is 0 Å². The second-order valence-corrected chi connectivity index (χ2v) is 2.78. The van der Waals surface area contributed by atoms with E-state index in [0.717, 1.165) is 16.8 Å². The third kappa shape index (κ3) is 2.09. The maximum absolute atomic E-state index is 12.4. The second-order valence-electron chi connectivity index (χ2n) is 2.28. The molecule has 0 spiro atoms. The van der Waals surface area contributed by atoms with Crippen LogP contribution in [0.25, 0.3) is 0 Å².